The quantitative estimate of drug-likeness (QED) is 0.260. The van der Waals surface area contributed by atoms with E-state index in [4.69, 9.17) is 5.53 Å². The Morgan fingerprint density at radius 2 is 2.15 bits per heavy atom. The SMILES string of the molecule is [N-]=[N+]=Nc1ccc(I)cc1C(P)P. The summed E-state index contributed by atoms with van der Waals surface area (Å²) in [6.45, 7) is 0. The zero-order valence-electron chi connectivity index (χ0n) is 6.68. The van der Waals surface area contributed by atoms with Gasteiger partial charge in [-0.1, -0.05) is 11.2 Å². The molecule has 0 saturated heterocycles. The third kappa shape index (κ3) is 3.07. The standard InChI is InChI=1S/C7H8IN3P2/c8-4-1-2-6(10-11-9)5(3-4)7(12)13/h1-3,7H,12-13H2. The Morgan fingerprint density at radius 3 is 2.69 bits per heavy atom. The Balaban J connectivity index is 3.26. The molecule has 0 fully saturated rings. The number of hydrogen-bond donors (Lipinski definition) is 0. The molecule has 2 atom stereocenters. The lowest BCUT2D eigenvalue weighted by Crippen LogP contribution is -1.82. The molecular formula is C7H8IN3P2. The van der Waals surface area contributed by atoms with Crippen molar-refractivity contribution in [2.75, 3.05) is 0 Å². The first-order valence-electron chi connectivity index (χ1n) is 3.51. The molecule has 3 nitrogen and oxygen atoms in total. The topological polar surface area (TPSA) is 48.8 Å². The zero-order chi connectivity index (χ0) is 9.84. The molecule has 0 aliphatic rings. The Morgan fingerprint density at radius 1 is 1.46 bits per heavy atom. The van der Waals surface area contributed by atoms with Gasteiger partial charge in [0.2, 0.25) is 0 Å². The van der Waals surface area contributed by atoms with Gasteiger partial charge in [0.1, 0.15) is 0 Å². The lowest BCUT2D eigenvalue weighted by atomic mass is 10.2. The van der Waals surface area contributed by atoms with Crippen LogP contribution in [0, 0.1) is 3.57 Å². The van der Waals surface area contributed by atoms with Gasteiger partial charge in [-0.05, 0) is 45.8 Å². The summed E-state index contributed by atoms with van der Waals surface area (Å²) in [7, 11) is 5.31. The van der Waals surface area contributed by atoms with Gasteiger partial charge in [-0.3, -0.25) is 0 Å². The van der Waals surface area contributed by atoms with Crippen LogP contribution in [0.25, 0.3) is 10.4 Å². The number of halogens is 1. The Labute approximate surface area is 94.9 Å². The van der Waals surface area contributed by atoms with E-state index in [1.807, 2.05) is 18.2 Å². The van der Waals surface area contributed by atoms with E-state index in [-0.39, 0.29) is 5.40 Å². The highest BCUT2D eigenvalue weighted by atomic mass is 127. The number of hydrogen-bond acceptors (Lipinski definition) is 1. The molecule has 1 rings (SSSR count). The van der Waals surface area contributed by atoms with Gasteiger partial charge in [0, 0.05) is 19.6 Å². The summed E-state index contributed by atoms with van der Waals surface area (Å²) in [6, 6.07) is 5.76. The van der Waals surface area contributed by atoms with Crippen LogP contribution in [-0.2, 0) is 0 Å². The highest BCUT2D eigenvalue weighted by Crippen LogP contribution is 2.37. The van der Waals surface area contributed by atoms with E-state index in [0.29, 0.717) is 5.69 Å². The molecule has 1 aromatic carbocycles. The molecule has 6 heteroatoms. The summed E-state index contributed by atoms with van der Waals surface area (Å²) < 4.78 is 1.14. The highest BCUT2D eigenvalue weighted by molar-refractivity contribution is 14.1. The van der Waals surface area contributed by atoms with Gasteiger partial charge in [0.15, 0.2) is 0 Å². The van der Waals surface area contributed by atoms with Crippen molar-refractivity contribution < 1.29 is 0 Å². The van der Waals surface area contributed by atoms with Gasteiger partial charge in [-0.15, -0.1) is 18.5 Å². The van der Waals surface area contributed by atoms with Gasteiger partial charge < -0.3 is 0 Å². The van der Waals surface area contributed by atoms with Crippen LogP contribution < -0.4 is 0 Å². The van der Waals surface area contributed by atoms with E-state index in [0.717, 1.165) is 9.13 Å². The molecule has 0 heterocycles. The summed E-state index contributed by atoms with van der Waals surface area (Å²) in [4.78, 5) is 2.78. The van der Waals surface area contributed by atoms with Gasteiger partial charge in [-0.2, -0.15) is 0 Å². The van der Waals surface area contributed by atoms with E-state index < -0.39 is 0 Å². The average molecular weight is 323 g/mol. The Hall–Kier alpha value is 0.120. The molecule has 0 aliphatic carbocycles. The second-order valence-electron chi connectivity index (χ2n) is 2.42. The molecule has 1 aromatic rings. The summed E-state index contributed by atoms with van der Waals surface area (Å²) in [5, 5.41) is 3.84. The third-order valence-corrected chi connectivity index (χ3v) is 2.89. The maximum atomic E-state index is 8.34. The minimum Gasteiger partial charge on any atom is -0.126 e. The number of benzene rings is 1. The van der Waals surface area contributed by atoms with Gasteiger partial charge in [0.05, 0.1) is 0 Å². The van der Waals surface area contributed by atoms with E-state index in [2.05, 4.69) is 51.1 Å². The fourth-order valence-corrected chi connectivity index (χ4v) is 1.98. The van der Waals surface area contributed by atoms with E-state index in [1.54, 1.807) is 0 Å². The fourth-order valence-electron chi connectivity index (χ4n) is 0.932. The first-order valence-corrected chi connectivity index (χ1v) is 5.92. The van der Waals surface area contributed by atoms with Crippen LogP contribution in [0.3, 0.4) is 0 Å². The van der Waals surface area contributed by atoms with E-state index in [9.17, 15) is 0 Å². The van der Waals surface area contributed by atoms with Crippen LogP contribution in [0.1, 0.15) is 11.0 Å². The van der Waals surface area contributed by atoms with Gasteiger partial charge in [0.25, 0.3) is 0 Å². The smallest absolute Gasteiger partial charge is 0.0417 e. The predicted molar refractivity (Wildman–Crippen MR) is 70.1 cm³/mol. The van der Waals surface area contributed by atoms with Crippen LogP contribution in [0.5, 0.6) is 0 Å². The fraction of sp³-hybridized carbons (Fsp3) is 0.143. The molecule has 0 N–H and O–H groups in total. The van der Waals surface area contributed by atoms with Crippen LogP contribution in [-0.4, -0.2) is 0 Å². The molecular weight excluding hydrogens is 315 g/mol. The molecule has 68 valence electrons. The van der Waals surface area contributed by atoms with Crippen molar-refractivity contribution >= 4 is 46.8 Å². The monoisotopic (exact) mass is 323 g/mol. The highest BCUT2D eigenvalue weighted by Gasteiger charge is 2.05. The second-order valence-corrected chi connectivity index (χ2v) is 5.87. The van der Waals surface area contributed by atoms with Crippen molar-refractivity contribution in [3.8, 4) is 0 Å². The second kappa shape index (κ2) is 5.11. The van der Waals surface area contributed by atoms with Gasteiger partial charge >= 0.3 is 0 Å². The molecule has 0 bridgehead atoms. The minimum absolute atomic E-state index is 0.218. The van der Waals surface area contributed by atoms with Crippen molar-refractivity contribution in [2.45, 2.75) is 5.40 Å². The van der Waals surface area contributed by atoms with Crippen molar-refractivity contribution in [1.82, 2.24) is 0 Å². The molecule has 0 saturated carbocycles. The summed E-state index contributed by atoms with van der Waals surface area (Å²) in [5.74, 6) is 0. The van der Waals surface area contributed by atoms with Crippen LogP contribution in [0.15, 0.2) is 23.3 Å². The molecule has 0 amide bonds. The normalized spacial score (nSPS) is 9.85. The van der Waals surface area contributed by atoms with Crippen molar-refractivity contribution in [3.63, 3.8) is 0 Å². The summed E-state index contributed by atoms with van der Waals surface area (Å²) in [6.07, 6.45) is 0. The Kier molecular flexibility index (Phi) is 4.40. The molecule has 0 spiro atoms. The summed E-state index contributed by atoms with van der Waals surface area (Å²) >= 11 is 2.23. The van der Waals surface area contributed by atoms with Crippen molar-refractivity contribution in [1.29, 1.82) is 0 Å². The predicted octanol–water partition coefficient (Wildman–Crippen LogP) is 3.98. The molecule has 13 heavy (non-hydrogen) atoms. The van der Waals surface area contributed by atoms with Crippen molar-refractivity contribution in [3.05, 3.63) is 37.8 Å². The number of rotatable bonds is 2. The van der Waals surface area contributed by atoms with E-state index >= 15 is 0 Å². The maximum absolute atomic E-state index is 8.34. The van der Waals surface area contributed by atoms with Crippen LogP contribution >= 0.6 is 41.1 Å². The number of azide groups is 1. The lowest BCUT2D eigenvalue weighted by molar-refractivity contribution is 1.32. The molecule has 0 aromatic heterocycles. The van der Waals surface area contributed by atoms with E-state index in [1.165, 1.54) is 0 Å². The lowest BCUT2D eigenvalue weighted by Gasteiger charge is -2.08. The van der Waals surface area contributed by atoms with Crippen LogP contribution in [0.4, 0.5) is 5.69 Å². The van der Waals surface area contributed by atoms with Crippen LogP contribution in [0.2, 0.25) is 0 Å². The largest absolute Gasteiger partial charge is 0.126 e. The first-order chi connectivity index (χ1) is 6.15. The Bertz CT molecular complexity index is 361. The third-order valence-electron chi connectivity index (χ3n) is 1.50. The number of nitrogens with zero attached hydrogens (tertiary/aromatic N) is 3. The average Bonchev–Trinajstić information content (AvgIpc) is 2.08. The first kappa shape index (κ1) is 11.2. The molecule has 2 unspecified atom stereocenters. The van der Waals surface area contributed by atoms with Crippen molar-refractivity contribution in [2.24, 2.45) is 5.11 Å². The molecule has 0 radical (unpaired) electrons. The maximum Gasteiger partial charge on any atom is 0.0417 e. The summed E-state index contributed by atoms with van der Waals surface area (Å²) in [5.41, 5.74) is 10.1. The molecule has 0 aliphatic heterocycles. The van der Waals surface area contributed by atoms with Gasteiger partial charge in [-0.25, -0.2) is 0 Å². The minimum atomic E-state index is 0.218. The zero-order valence-corrected chi connectivity index (χ0v) is 11.2.